The fourth-order valence-corrected chi connectivity index (χ4v) is 3.79. The summed E-state index contributed by atoms with van der Waals surface area (Å²) >= 11 is 0. The Hall–Kier alpha value is -1.76. The zero-order chi connectivity index (χ0) is 14.2. The average molecular weight is 295 g/mol. The fourth-order valence-electron chi connectivity index (χ4n) is 2.22. The zero-order valence-corrected chi connectivity index (χ0v) is 11.8. The first kappa shape index (κ1) is 13.2. The van der Waals surface area contributed by atoms with E-state index in [0.29, 0.717) is 30.4 Å². The number of rotatable bonds is 3. The zero-order valence-electron chi connectivity index (χ0n) is 11.0. The molecule has 0 unspecified atom stereocenters. The Bertz CT molecular complexity index is 608. The number of nitrogens with one attached hydrogen (secondary N) is 2. The lowest BCUT2D eigenvalue weighted by atomic mass is 10.2. The molecule has 0 bridgehead atoms. The highest BCUT2D eigenvalue weighted by atomic mass is 32.2. The third kappa shape index (κ3) is 2.87. The highest BCUT2D eigenvalue weighted by Gasteiger charge is 2.28. The second kappa shape index (κ2) is 4.97. The van der Waals surface area contributed by atoms with E-state index in [4.69, 9.17) is 0 Å². The Morgan fingerprint density at radius 1 is 1.20 bits per heavy atom. The summed E-state index contributed by atoms with van der Waals surface area (Å²) in [5, 5.41) is 5.56. The molecule has 1 aliphatic heterocycles. The van der Waals surface area contributed by atoms with Gasteiger partial charge in [0.05, 0.1) is 11.4 Å². The van der Waals surface area contributed by atoms with Gasteiger partial charge >= 0.3 is 6.03 Å². The summed E-state index contributed by atoms with van der Waals surface area (Å²) < 4.78 is 25.0. The number of carbonyl (C=O) groups excluding carboxylic acids is 1. The van der Waals surface area contributed by atoms with Crippen LogP contribution in [0.15, 0.2) is 24.3 Å². The maximum absolute atomic E-state index is 11.8. The largest absolute Gasteiger partial charge is 0.335 e. The minimum atomic E-state index is -3.15. The fraction of sp³-hybridized carbons (Fsp3) is 0.462. The molecule has 1 saturated carbocycles. The molecule has 6 nitrogen and oxygen atoms in total. The topological polar surface area (TPSA) is 78.5 Å². The second-order valence-corrected chi connectivity index (χ2v) is 7.17. The van der Waals surface area contributed by atoms with Crippen molar-refractivity contribution in [1.82, 2.24) is 5.32 Å². The summed E-state index contributed by atoms with van der Waals surface area (Å²) in [5.74, 6) is 0.205. The van der Waals surface area contributed by atoms with E-state index < -0.39 is 10.0 Å². The van der Waals surface area contributed by atoms with Crippen LogP contribution in [0.3, 0.4) is 0 Å². The van der Waals surface area contributed by atoms with Gasteiger partial charge in [-0.2, -0.15) is 0 Å². The number of amides is 2. The van der Waals surface area contributed by atoms with Gasteiger partial charge < -0.3 is 10.6 Å². The van der Waals surface area contributed by atoms with Crippen molar-refractivity contribution in [3.05, 3.63) is 24.3 Å². The van der Waals surface area contributed by atoms with E-state index in [9.17, 15) is 13.2 Å². The number of anilines is 2. The van der Waals surface area contributed by atoms with E-state index in [2.05, 4.69) is 10.6 Å². The van der Waals surface area contributed by atoms with Gasteiger partial charge in [-0.1, -0.05) is 0 Å². The number of benzene rings is 1. The van der Waals surface area contributed by atoms with Crippen molar-refractivity contribution in [2.75, 3.05) is 21.9 Å². The monoisotopic (exact) mass is 295 g/mol. The quantitative estimate of drug-likeness (QED) is 0.887. The summed E-state index contributed by atoms with van der Waals surface area (Å²) in [6.45, 7) is 0.525. The minimum absolute atomic E-state index is 0.205. The first-order chi connectivity index (χ1) is 9.54. The molecule has 20 heavy (non-hydrogen) atoms. The molecule has 3 rings (SSSR count). The Kier molecular flexibility index (Phi) is 3.29. The van der Waals surface area contributed by atoms with Crippen LogP contribution in [0.1, 0.15) is 19.3 Å². The molecule has 1 aromatic rings. The number of sulfonamides is 1. The summed E-state index contributed by atoms with van der Waals surface area (Å²) in [6, 6.07) is 6.97. The first-order valence-electron chi connectivity index (χ1n) is 6.73. The standard InChI is InChI=1S/C13H17N3O3S/c17-13(14-10-2-3-10)15-11-4-6-12(7-5-11)16-8-1-9-20(16,18)19/h4-7,10H,1-3,8-9H2,(H2,14,15,17). The van der Waals surface area contributed by atoms with Crippen molar-refractivity contribution < 1.29 is 13.2 Å². The minimum Gasteiger partial charge on any atom is -0.335 e. The average Bonchev–Trinajstić information content (AvgIpc) is 3.12. The van der Waals surface area contributed by atoms with Gasteiger partial charge in [-0.3, -0.25) is 4.31 Å². The maximum Gasteiger partial charge on any atom is 0.319 e. The van der Waals surface area contributed by atoms with Crippen LogP contribution >= 0.6 is 0 Å². The van der Waals surface area contributed by atoms with E-state index in [1.54, 1.807) is 24.3 Å². The highest BCUT2D eigenvalue weighted by molar-refractivity contribution is 7.93. The third-order valence-corrected chi connectivity index (χ3v) is 5.29. The van der Waals surface area contributed by atoms with Crippen LogP contribution in [-0.2, 0) is 10.0 Å². The molecule has 1 aromatic carbocycles. The smallest absolute Gasteiger partial charge is 0.319 e. The van der Waals surface area contributed by atoms with Crippen molar-refractivity contribution in [2.24, 2.45) is 0 Å². The molecule has 1 heterocycles. The van der Waals surface area contributed by atoms with Gasteiger partial charge in [0.25, 0.3) is 0 Å². The molecule has 7 heteroatoms. The molecule has 2 fully saturated rings. The van der Waals surface area contributed by atoms with Gasteiger partial charge in [0.15, 0.2) is 0 Å². The lowest BCUT2D eigenvalue weighted by Gasteiger charge is -2.17. The van der Waals surface area contributed by atoms with E-state index in [1.807, 2.05) is 0 Å². The van der Waals surface area contributed by atoms with Gasteiger partial charge in [0.2, 0.25) is 10.0 Å². The number of nitrogens with zero attached hydrogens (tertiary/aromatic N) is 1. The number of hydrogen-bond acceptors (Lipinski definition) is 3. The molecule has 1 aliphatic carbocycles. The van der Waals surface area contributed by atoms with Gasteiger partial charge in [-0.25, -0.2) is 13.2 Å². The Balaban J connectivity index is 1.66. The van der Waals surface area contributed by atoms with E-state index >= 15 is 0 Å². The molecule has 0 atom stereocenters. The lowest BCUT2D eigenvalue weighted by Crippen LogP contribution is -2.30. The summed E-state index contributed by atoms with van der Waals surface area (Å²) in [6.07, 6.45) is 2.74. The van der Waals surface area contributed by atoms with Crippen LogP contribution in [0.2, 0.25) is 0 Å². The van der Waals surface area contributed by atoms with Crippen LogP contribution in [-0.4, -0.2) is 32.8 Å². The predicted octanol–water partition coefficient (Wildman–Crippen LogP) is 1.51. The van der Waals surface area contributed by atoms with Crippen molar-refractivity contribution in [3.63, 3.8) is 0 Å². The second-order valence-electron chi connectivity index (χ2n) is 5.16. The Labute approximate surface area is 118 Å². The van der Waals surface area contributed by atoms with Crippen LogP contribution in [0.25, 0.3) is 0 Å². The number of hydrogen-bond donors (Lipinski definition) is 2. The van der Waals surface area contributed by atoms with E-state index in [0.717, 1.165) is 12.8 Å². The highest BCUT2D eigenvalue weighted by Crippen LogP contribution is 2.25. The molecule has 0 spiro atoms. The normalized spacial score (nSPS) is 20.7. The van der Waals surface area contributed by atoms with Gasteiger partial charge in [-0.05, 0) is 43.5 Å². The summed E-state index contributed by atoms with van der Waals surface area (Å²) in [4.78, 5) is 11.6. The van der Waals surface area contributed by atoms with Crippen molar-refractivity contribution in [2.45, 2.75) is 25.3 Å². The Morgan fingerprint density at radius 3 is 2.45 bits per heavy atom. The molecular weight excluding hydrogens is 278 g/mol. The molecular formula is C13H17N3O3S. The lowest BCUT2D eigenvalue weighted by molar-refractivity contribution is 0.251. The SMILES string of the molecule is O=C(Nc1ccc(N2CCCS2(=O)=O)cc1)NC1CC1. The number of urea groups is 1. The van der Waals surface area contributed by atoms with E-state index in [-0.39, 0.29) is 11.8 Å². The van der Waals surface area contributed by atoms with Crippen LogP contribution in [0.4, 0.5) is 16.2 Å². The molecule has 108 valence electrons. The first-order valence-corrected chi connectivity index (χ1v) is 8.33. The summed E-state index contributed by atoms with van der Waals surface area (Å²) in [5.41, 5.74) is 1.30. The molecule has 2 aliphatic rings. The molecule has 1 saturated heterocycles. The van der Waals surface area contributed by atoms with Gasteiger partial charge in [0.1, 0.15) is 0 Å². The summed E-state index contributed by atoms with van der Waals surface area (Å²) in [7, 11) is -3.15. The van der Waals surface area contributed by atoms with Crippen molar-refractivity contribution in [3.8, 4) is 0 Å². The van der Waals surface area contributed by atoms with Crippen LogP contribution < -0.4 is 14.9 Å². The van der Waals surface area contributed by atoms with E-state index in [1.165, 1.54) is 4.31 Å². The number of carbonyl (C=O) groups is 1. The van der Waals surface area contributed by atoms with Gasteiger partial charge in [-0.15, -0.1) is 0 Å². The Morgan fingerprint density at radius 2 is 1.90 bits per heavy atom. The van der Waals surface area contributed by atoms with Gasteiger partial charge in [0, 0.05) is 18.3 Å². The van der Waals surface area contributed by atoms with Crippen LogP contribution in [0.5, 0.6) is 0 Å². The molecule has 2 amide bonds. The van der Waals surface area contributed by atoms with Crippen molar-refractivity contribution in [1.29, 1.82) is 0 Å². The molecule has 2 N–H and O–H groups in total. The van der Waals surface area contributed by atoms with Crippen LogP contribution in [0, 0.1) is 0 Å². The molecule has 0 radical (unpaired) electrons. The van der Waals surface area contributed by atoms with Crippen molar-refractivity contribution >= 4 is 27.4 Å². The maximum atomic E-state index is 11.8. The third-order valence-electron chi connectivity index (χ3n) is 3.43. The predicted molar refractivity (Wildman–Crippen MR) is 77.4 cm³/mol. The molecule has 0 aromatic heterocycles.